The first kappa shape index (κ1) is 24.6. The van der Waals surface area contributed by atoms with Crippen molar-refractivity contribution in [2.75, 3.05) is 0 Å². The summed E-state index contributed by atoms with van der Waals surface area (Å²) in [6, 6.07) is 24.6. The van der Waals surface area contributed by atoms with Gasteiger partial charge in [-0.15, -0.1) is 56.7 Å². The Labute approximate surface area is 233 Å². The van der Waals surface area contributed by atoms with E-state index in [1.54, 1.807) is 68.8 Å². The molecule has 5 heterocycles. The summed E-state index contributed by atoms with van der Waals surface area (Å²) in [5.41, 5.74) is 0.181. The maximum Gasteiger partial charge on any atom is 0.263 e. The van der Waals surface area contributed by atoms with E-state index in [1.165, 1.54) is 19.5 Å². The molecule has 9 heteroatoms. The molecule has 0 fully saturated rings. The molecule has 0 atom stereocenters. The van der Waals surface area contributed by atoms with Gasteiger partial charge in [-0.1, -0.05) is 0 Å². The van der Waals surface area contributed by atoms with Gasteiger partial charge in [0.2, 0.25) is 0 Å². The molecule has 0 bridgehead atoms. The molecule has 5 aromatic rings. The Morgan fingerprint density at radius 2 is 0.784 bits per heavy atom. The van der Waals surface area contributed by atoms with Crippen molar-refractivity contribution in [1.29, 1.82) is 10.5 Å². The fourth-order valence-electron chi connectivity index (χ4n) is 3.38. The van der Waals surface area contributed by atoms with Gasteiger partial charge in [0, 0.05) is 48.8 Å². The van der Waals surface area contributed by atoms with Crippen LogP contribution in [0.25, 0.3) is 60.9 Å². The topological polar surface area (TPSA) is 56.3 Å². The maximum absolute atomic E-state index is 8.99. The van der Waals surface area contributed by atoms with Crippen LogP contribution in [0.15, 0.2) is 72.1 Å². The van der Waals surface area contributed by atoms with Crippen LogP contribution in [-0.4, -0.2) is 0 Å². The second-order valence-electron chi connectivity index (χ2n) is 7.40. The first-order chi connectivity index (χ1) is 18.1. The predicted octanol–water partition coefficient (Wildman–Crippen LogP) is 10.2. The Kier molecular flexibility index (Phi) is 7.26. The Balaban J connectivity index is 1.34. The average molecular weight is 565 g/mol. The van der Waals surface area contributed by atoms with Crippen molar-refractivity contribution in [3.63, 3.8) is 0 Å². The van der Waals surface area contributed by atoms with Gasteiger partial charge in [-0.25, -0.2) is 20.2 Å². The number of rotatable bonds is 6. The highest BCUT2D eigenvalue weighted by molar-refractivity contribution is 7.29. The van der Waals surface area contributed by atoms with Crippen molar-refractivity contribution >= 4 is 68.8 Å². The molecule has 0 saturated heterocycles. The Bertz CT molecular complexity index is 1670. The molecule has 0 spiro atoms. The van der Waals surface area contributed by atoms with Gasteiger partial charge in [-0.3, -0.25) is 0 Å². The lowest BCUT2D eigenvalue weighted by molar-refractivity contribution is 1.51. The van der Waals surface area contributed by atoms with Crippen LogP contribution >= 0.6 is 56.7 Å². The molecule has 0 aliphatic rings. The third-order valence-corrected chi connectivity index (χ3v) is 11.2. The van der Waals surface area contributed by atoms with E-state index in [0.29, 0.717) is 0 Å². The Hall–Kier alpha value is -4.06. The van der Waals surface area contributed by atoms with Crippen LogP contribution in [0.5, 0.6) is 0 Å². The molecule has 0 aliphatic heterocycles. The molecule has 174 valence electrons. The van der Waals surface area contributed by atoms with E-state index in [4.69, 9.17) is 23.7 Å². The van der Waals surface area contributed by atoms with E-state index < -0.39 is 0 Å². The van der Waals surface area contributed by atoms with E-state index in [1.807, 2.05) is 36.4 Å². The second-order valence-corrected chi connectivity index (χ2v) is 12.9. The molecular weight excluding hydrogens is 553 g/mol. The molecule has 37 heavy (non-hydrogen) atoms. The van der Waals surface area contributed by atoms with E-state index >= 15 is 0 Å². The second kappa shape index (κ2) is 10.9. The molecule has 0 radical (unpaired) electrons. The minimum absolute atomic E-state index is 0.0905. The highest BCUT2D eigenvalue weighted by Crippen LogP contribution is 2.44. The van der Waals surface area contributed by atoms with Crippen molar-refractivity contribution < 1.29 is 0 Å². The monoisotopic (exact) mass is 564 g/mol. The smallest absolute Gasteiger partial charge is 0.227 e. The number of nitriles is 2. The zero-order chi connectivity index (χ0) is 25.8. The van der Waals surface area contributed by atoms with Gasteiger partial charge in [0.1, 0.15) is 0 Å². The zero-order valence-electron chi connectivity index (χ0n) is 18.8. The molecule has 0 aliphatic carbocycles. The van der Waals surface area contributed by atoms with E-state index in [-0.39, 0.29) is 11.4 Å². The van der Waals surface area contributed by atoms with Gasteiger partial charge in [-0.2, -0.15) is 0 Å². The normalized spacial score (nSPS) is 11.5. The third kappa shape index (κ3) is 5.38. The van der Waals surface area contributed by atoms with Crippen LogP contribution in [0, 0.1) is 35.8 Å². The minimum Gasteiger partial charge on any atom is -0.227 e. The molecule has 0 saturated carbocycles. The summed E-state index contributed by atoms with van der Waals surface area (Å²) in [4.78, 5) is 17.7. The SMILES string of the molecule is [C-]#[N+]/C(C#N)=C\c1ccc(-c2ccc(-c3ccc(-c4ccc(-c5ccc(/C=C(\C#N)[N+]#[C-])s5)s4)s3)s2)s1. The fourth-order valence-corrected chi connectivity index (χ4v) is 8.65. The van der Waals surface area contributed by atoms with Crippen LogP contribution < -0.4 is 0 Å². The quantitative estimate of drug-likeness (QED) is 0.152. The Morgan fingerprint density at radius 3 is 1.05 bits per heavy atom. The van der Waals surface area contributed by atoms with Gasteiger partial charge in [0.25, 0.3) is 11.4 Å². The molecule has 0 aromatic carbocycles. The number of thiophene rings is 5. The zero-order valence-corrected chi connectivity index (χ0v) is 22.8. The largest absolute Gasteiger partial charge is 0.263 e. The molecule has 0 N–H and O–H groups in total. The lowest BCUT2D eigenvalue weighted by atomic mass is 10.3. The van der Waals surface area contributed by atoms with Crippen molar-refractivity contribution in [2.45, 2.75) is 0 Å². The first-order valence-electron chi connectivity index (χ1n) is 10.6. The summed E-state index contributed by atoms with van der Waals surface area (Å²) < 4.78 is 0. The lowest BCUT2D eigenvalue weighted by Crippen LogP contribution is -1.65. The summed E-state index contributed by atoms with van der Waals surface area (Å²) >= 11 is 8.39. The van der Waals surface area contributed by atoms with E-state index in [0.717, 1.165) is 29.3 Å². The minimum atomic E-state index is 0.0905. The van der Waals surface area contributed by atoms with E-state index in [9.17, 15) is 0 Å². The third-order valence-electron chi connectivity index (χ3n) is 5.07. The first-order valence-corrected chi connectivity index (χ1v) is 14.7. The molecule has 5 aromatic heterocycles. The number of hydrogen-bond donors (Lipinski definition) is 0. The van der Waals surface area contributed by atoms with Crippen molar-refractivity contribution in [1.82, 2.24) is 0 Å². The summed E-state index contributed by atoms with van der Waals surface area (Å²) in [6.07, 6.45) is 3.25. The van der Waals surface area contributed by atoms with Crippen molar-refractivity contribution in [2.24, 2.45) is 0 Å². The maximum atomic E-state index is 8.99. The summed E-state index contributed by atoms with van der Waals surface area (Å²) in [7, 11) is 0. The van der Waals surface area contributed by atoms with Gasteiger partial charge < -0.3 is 0 Å². The van der Waals surface area contributed by atoms with Crippen molar-refractivity contribution in [3.05, 3.63) is 105 Å². The average Bonchev–Trinajstić information content (AvgIpc) is 3.74. The van der Waals surface area contributed by atoms with Crippen molar-refractivity contribution in [3.8, 4) is 51.2 Å². The van der Waals surface area contributed by atoms with Gasteiger partial charge >= 0.3 is 0 Å². The predicted molar refractivity (Wildman–Crippen MR) is 158 cm³/mol. The number of allylic oxidation sites excluding steroid dienone is 2. The van der Waals surface area contributed by atoms with Crippen LogP contribution in [0.3, 0.4) is 0 Å². The summed E-state index contributed by atoms with van der Waals surface area (Å²) in [6.45, 7) is 14.1. The highest BCUT2D eigenvalue weighted by atomic mass is 32.1. The van der Waals surface area contributed by atoms with Gasteiger partial charge in [0.05, 0.1) is 25.3 Å². The lowest BCUT2D eigenvalue weighted by Gasteiger charge is -1.92. The van der Waals surface area contributed by atoms with Crippen LogP contribution in [-0.2, 0) is 0 Å². The van der Waals surface area contributed by atoms with E-state index in [2.05, 4.69) is 46.1 Å². The molecule has 0 unspecified atom stereocenters. The van der Waals surface area contributed by atoms with Gasteiger partial charge in [0.15, 0.2) is 0 Å². The Morgan fingerprint density at radius 1 is 0.514 bits per heavy atom. The summed E-state index contributed by atoms with van der Waals surface area (Å²) in [5, 5.41) is 18.0. The molecule has 5 rings (SSSR count). The molecule has 4 nitrogen and oxygen atoms in total. The standard InChI is InChI=1S/C28H12N4S5/c1-31-17(15-29)13-19-3-5-21(33-19)23-7-9-25(35-23)27-11-12-28(37-27)26-10-8-24(36-26)22-6-4-20(34-22)14-18(16-30)32-2/h3-14H/b17-13-,18-14+. The van der Waals surface area contributed by atoms with Crippen LogP contribution in [0.2, 0.25) is 0 Å². The highest BCUT2D eigenvalue weighted by Gasteiger charge is 2.13. The summed E-state index contributed by atoms with van der Waals surface area (Å²) in [5.74, 6) is 0. The molecule has 0 amide bonds. The van der Waals surface area contributed by atoms with Gasteiger partial charge in [-0.05, 0) is 72.8 Å². The number of nitrogens with zero attached hydrogens (tertiary/aromatic N) is 4. The molecular formula is C28H12N4S5. The van der Waals surface area contributed by atoms with Crippen LogP contribution in [0.1, 0.15) is 9.75 Å². The number of hydrogen-bond acceptors (Lipinski definition) is 7. The van der Waals surface area contributed by atoms with Crippen LogP contribution in [0.4, 0.5) is 0 Å². The fraction of sp³-hybridized carbons (Fsp3) is 0.